The zero-order valence-corrected chi connectivity index (χ0v) is 13.4. The second-order valence-electron chi connectivity index (χ2n) is 5.52. The highest BCUT2D eigenvalue weighted by molar-refractivity contribution is 9.10. The Morgan fingerprint density at radius 1 is 1.45 bits per heavy atom. The molecule has 0 spiro atoms. The van der Waals surface area contributed by atoms with Crippen LogP contribution in [0.3, 0.4) is 0 Å². The maximum Gasteiger partial charge on any atom is 0.119 e. The second kappa shape index (κ2) is 7.41. The van der Waals surface area contributed by atoms with E-state index in [0.717, 1.165) is 29.7 Å². The van der Waals surface area contributed by atoms with Crippen LogP contribution in [0.4, 0.5) is 0 Å². The van der Waals surface area contributed by atoms with Crippen LogP contribution in [0, 0.1) is 0 Å². The molecular formula is C15H22BrNO3. The summed E-state index contributed by atoms with van der Waals surface area (Å²) >= 11 is 3.37. The van der Waals surface area contributed by atoms with Crippen LogP contribution < -0.4 is 10.1 Å². The molecule has 1 aromatic carbocycles. The quantitative estimate of drug-likeness (QED) is 0.832. The van der Waals surface area contributed by atoms with Crippen LogP contribution in [0.1, 0.15) is 19.8 Å². The van der Waals surface area contributed by atoms with Crippen molar-refractivity contribution in [1.82, 2.24) is 5.32 Å². The molecule has 0 radical (unpaired) electrons. The van der Waals surface area contributed by atoms with E-state index in [9.17, 15) is 5.11 Å². The Morgan fingerprint density at radius 3 is 2.85 bits per heavy atom. The number of aliphatic hydroxyl groups is 1. The second-order valence-corrected chi connectivity index (χ2v) is 6.43. The molecule has 112 valence electrons. The third-order valence-electron chi connectivity index (χ3n) is 3.46. The molecule has 0 aromatic heterocycles. The number of ether oxygens (including phenoxy) is 2. The van der Waals surface area contributed by atoms with E-state index < -0.39 is 6.10 Å². The first kappa shape index (κ1) is 15.8. The van der Waals surface area contributed by atoms with Gasteiger partial charge < -0.3 is 19.9 Å². The van der Waals surface area contributed by atoms with Crippen molar-refractivity contribution in [3.8, 4) is 5.75 Å². The fourth-order valence-electron chi connectivity index (χ4n) is 2.22. The molecule has 0 amide bonds. The zero-order chi connectivity index (χ0) is 14.4. The van der Waals surface area contributed by atoms with E-state index in [4.69, 9.17) is 9.47 Å². The topological polar surface area (TPSA) is 50.7 Å². The van der Waals surface area contributed by atoms with E-state index in [-0.39, 0.29) is 12.1 Å². The molecule has 1 saturated heterocycles. The van der Waals surface area contributed by atoms with E-state index in [1.807, 2.05) is 24.3 Å². The zero-order valence-electron chi connectivity index (χ0n) is 11.8. The summed E-state index contributed by atoms with van der Waals surface area (Å²) in [5.74, 6) is 0.763. The average Bonchev–Trinajstić information content (AvgIpc) is 2.45. The van der Waals surface area contributed by atoms with Gasteiger partial charge in [0.2, 0.25) is 0 Å². The van der Waals surface area contributed by atoms with Crippen molar-refractivity contribution in [3.63, 3.8) is 0 Å². The number of β-amino-alcohol motifs (C(OH)–C–C–N with tert-alkyl or cyclic N) is 1. The van der Waals surface area contributed by atoms with Crippen molar-refractivity contribution >= 4 is 15.9 Å². The molecule has 20 heavy (non-hydrogen) atoms. The molecule has 1 aliphatic heterocycles. The maximum atomic E-state index is 9.97. The van der Waals surface area contributed by atoms with Gasteiger partial charge in [-0.05, 0) is 44.0 Å². The smallest absolute Gasteiger partial charge is 0.119 e. The monoisotopic (exact) mass is 343 g/mol. The van der Waals surface area contributed by atoms with Crippen molar-refractivity contribution in [3.05, 3.63) is 28.7 Å². The van der Waals surface area contributed by atoms with Crippen LogP contribution in [0.5, 0.6) is 5.75 Å². The first-order valence-corrected chi connectivity index (χ1v) is 7.76. The Hall–Kier alpha value is -0.620. The molecule has 4 nitrogen and oxygen atoms in total. The number of hydrogen-bond acceptors (Lipinski definition) is 4. The maximum absolute atomic E-state index is 9.97. The largest absolute Gasteiger partial charge is 0.491 e. The molecule has 1 heterocycles. The van der Waals surface area contributed by atoms with Gasteiger partial charge in [0.1, 0.15) is 18.5 Å². The Balaban J connectivity index is 1.69. The van der Waals surface area contributed by atoms with Gasteiger partial charge in [-0.25, -0.2) is 0 Å². The van der Waals surface area contributed by atoms with E-state index in [1.54, 1.807) is 0 Å². The SMILES string of the molecule is CC1(NCC(O)COc2ccc(Br)cc2)CCCOC1. The Morgan fingerprint density at radius 2 is 2.20 bits per heavy atom. The van der Waals surface area contributed by atoms with Gasteiger partial charge in [0.25, 0.3) is 0 Å². The summed E-state index contributed by atoms with van der Waals surface area (Å²) in [7, 11) is 0. The lowest BCUT2D eigenvalue weighted by atomic mass is 9.95. The van der Waals surface area contributed by atoms with Gasteiger partial charge in [0.05, 0.1) is 6.61 Å². The number of benzene rings is 1. The third kappa shape index (κ3) is 5.05. The number of nitrogens with one attached hydrogen (secondary N) is 1. The van der Waals surface area contributed by atoms with E-state index in [2.05, 4.69) is 28.2 Å². The van der Waals surface area contributed by atoms with Crippen LogP contribution in [-0.4, -0.2) is 43.1 Å². The highest BCUT2D eigenvalue weighted by Gasteiger charge is 2.27. The summed E-state index contributed by atoms with van der Waals surface area (Å²) in [6.45, 7) is 4.47. The summed E-state index contributed by atoms with van der Waals surface area (Å²) < 4.78 is 12.0. The highest BCUT2D eigenvalue weighted by atomic mass is 79.9. The molecule has 2 N–H and O–H groups in total. The van der Waals surface area contributed by atoms with Crippen molar-refractivity contribution in [2.75, 3.05) is 26.4 Å². The molecule has 0 bridgehead atoms. The van der Waals surface area contributed by atoms with Crippen LogP contribution in [0.25, 0.3) is 0 Å². The van der Waals surface area contributed by atoms with Crippen molar-refractivity contribution < 1.29 is 14.6 Å². The standard InChI is InChI=1S/C15H22BrNO3/c1-15(7-2-8-19-11-15)17-9-13(18)10-20-14-5-3-12(16)4-6-14/h3-6,13,17-18H,2,7-11H2,1H3. The fourth-order valence-corrected chi connectivity index (χ4v) is 2.48. The minimum absolute atomic E-state index is 0.0309. The van der Waals surface area contributed by atoms with Gasteiger partial charge in [-0.3, -0.25) is 0 Å². The molecule has 1 aliphatic rings. The summed E-state index contributed by atoms with van der Waals surface area (Å²) in [4.78, 5) is 0. The average molecular weight is 344 g/mol. The summed E-state index contributed by atoms with van der Waals surface area (Å²) in [6.07, 6.45) is 1.61. The molecule has 5 heteroatoms. The molecule has 2 atom stereocenters. The fraction of sp³-hybridized carbons (Fsp3) is 0.600. The number of halogens is 1. The Bertz CT molecular complexity index is 404. The minimum Gasteiger partial charge on any atom is -0.491 e. The van der Waals surface area contributed by atoms with Crippen LogP contribution in [-0.2, 0) is 4.74 Å². The van der Waals surface area contributed by atoms with Gasteiger partial charge in [0.15, 0.2) is 0 Å². The van der Waals surface area contributed by atoms with Gasteiger partial charge in [-0.1, -0.05) is 15.9 Å². The third-order valence-corrected chi connectivity index (χ3v) is 3.99. The van der Waals surface area contributed by atoms with Gasteiger partial charge in [-0.2, -0.15) is 0 Å². The number of aliphatic hydroxyl groups excluding tert-OH is 1. The molecular weight excluding hydrogens is 322 g/mol. The first-order chi connectivity index (χ1) is 9.57. The molecule has 0 saturated carbocycles. The van der Waals surface area contributed by atoms with E-state index in [0.29, 0.717) is 13.2 Å². The van der Waals surface area contributed by atoms with Crippen molar-refractivity contribution in [2.45, 2.75) is 31.4 Å². The van der Waals surface area contributed by atoms with Crippen LogP contribution >= 0.6 is 15.9 Å². The Labute approximate surface area is 128 Å². The predicted molar refractivity (Wildman–Crippen MR) is 82.1 cm³/mol. The minimum atomic E-state index is -0.530. The lowest BCUT2D eigenvalue weighted by Gasteiger charge is -2.35. The molecule has 2 unspecified atom stereocenters. The van der Waals surface area contributed by atoms with Gasteiger partial charge in [0, 0.05) is 23.2 Å². The number of hydrogen-bond donors (Lipinski definition) is 2. The van der Waals surface area contributed by atoms with E-state index >= 15 is 0 Å². The molecule has 1 fully saturated rings. The lowest BCUT2D eigenvalue weighted by molar-refractivity contribution is 0.0184. The summed E-state index contributed by atoms with van der Waals surface area (Å²) in [6, 6.07) is 7.59. The van der Waals surface area contributed by atoms with E-state index in [1.165, 1.54) is 0 Å². The predicted octanol–water partition coefficient (Wildman–Crippen LogP) is 2.35. The highest BCUT2D eigenvalue weighted by Crippen LogP contribution is 2.18. The Kier molecular flexibility index (Phi) is 5.84. The van der Waals surface area contributed by atoms with Crippen molar-refractivity contribution in [2.24, 2.45) is 0 Å². The first-order valence-electron chi connectivity index (χ1n) is 6.97. The lowest BCUT2D eigenvalue weighted by Crippen LogP contribution is -2.51. The van der Waals surface area contributed by atoms with Gasteiger partial charge >= 0.3 is 0 Å². The molecule has 2 rings (SSSR count). The normalized spacial score (nSPS) is 24.4. The van der Waals surface area contributed by atoms with Gasteiger partial charge in [-0.15, -0.1) is 0 Å². The summed E-state index contributed by atoms with van der Waals surface area (Å²) in [5.41, 5.74) is -0.0309. The molecule has 0 aliphatic carbocycles. The van der Waals surface area contributed by atoms with Crippen LogP contribution in [0.2, 0.25) is 0 Å². The van der Waals surface area contributed by atoms with Crippen LogP contribution in [0.15, 0.2) is 28.7 Å². The van der Waals surface area contributed by atoms with Crippen molar-refractivity contribution in [1.29, 1.82) is 0 Å². The number of rotatable bonds is 6. The summed E-state index contributed by atoms with van der Waals surface area (Å²) in [5, 5.41) is 13.4. The molecule has 1 aromatic rings.